The second-order valence-corrected chi connectivity index (χ2v) is 14.7. The summed E-state index contributed by atoms with van der Waals surface area (Å²) in [6.07, 6.45) is 4.12. The Morgan fingerprint density at radius 3 is 2.53 bits per heavy atom. The zero-order valence-corrected chi connectivity index (χ0v) is 28.5. The number of nitrogens with one attached hydrogen (secondary N) is 1. The van der Waals surface area contributed by atoms with Crippen LogP contribution in [0.1, 0.15) is 49.9 Å². The molecule has 254 valence electrons. The van der Waals surface area contributed by atoms with E-state index in [1.54, 1.807) is 12.1 Å². The Morgan fingerprint density at radius 2 is 1.77 bits per heavy atom. The highest BCUT2D eigenvalue weighted by molar-refractivity contribution is 6.30. The van der Waals surface area contributed by atoms with E-state index in [-0.39, 0.29) is 23.9 Å². The summed E-state index contributed by atoms with van der Waals surface area (Å²) in [5.41, 5.74) is 2.00. The summed E-state index contributed by atoms with van der Waals surface area (Å²) in [5, 5.41) is 3.79. The van der Waals surface area contributed by atoms with Crippen LogP contribution in [-0.2, 0) is 9.53 Å². The number of nitrogens with zero attached hydrogens (tertiary/aromatic N) is 5. The van der Waals surface area contributed by atoms with E-state index in [2.05, 4.69) is 33.9 Å². The number of hydrogen-bond acceptors (Lipinski definition) is 7. The van der Waals surface area contributed by atoms with Gasteiger partial charge in [0, 0.05) is 62.4 Å². The molecule has 1 N–H and O–H groups in total. The van der Waals surface area contributed by atoms with Gasteiger partial charge in [-0.15, -0.1) is 0 Å². The predicted octanol–water partition coefficient (Wildman–Crippen LogP) is 3.95. The number of benzene rings is 2. The average Bonchev–Trinajstić information content (AvgIpc) is 3.56. The molecule has 0 saturated carbocycles. The van der Waals surface area contributed by atoms with E-state index >= 15 is 4.39 Å². The van der Waals surface area contributed by atoms with Gasteiger partial charge in [-0.3, -0.25) is 19.4 Å². The molecular formula is C36H48ClFN6O3. The fraction of sp³-hybridized carbons (Fsp3) is 0.611. The molecule has 0 bridgehead atoms. The number of morpholine rings is 1. The molecule has 4 fully saturated rings. The maximum absolute atomic E-state index is 15.1. The molecule has 0 radical (unpaired) electrons. The Balaban J connectivity index is 1.20. The van der Waals surface area contributed by atoms with Crippen molar-refractivity contribution in [1.82, 2.24) is 24.9 Å². The van der Waals surface area contributed by atoms with Crippen molar-refractivity contribution in [3.63, 3.8) is 0 Å². The lowest BCUT2D eigenvalue weighted by Crippen LogP contribution is -2.68. The van der Waals surface area contributed by atoms with Gasteiger partial charge in [-0.05, 0) is 95.1 Å². The average molecular weight is 667 g/mol. The number of fused-ring (bicyclic) bond motifs is 2. The maximum Gasteiger partial charge on any atom is 0.256 e. The molecule has 5 aliphatic rings. The summed E-state index contributed by atoms with van der Waals surface area (Å²) in [6, 6.07) is 10.5. The Bertz CT molecular complexity index is 1480. The molecule has 0 aliphatic carbocycles. The van der Waals surface area contributed by atoms with Crippen LogP contribution in [0.5, 0.6) is 0 Å². The van der Waals surface area contributed by atoms with Crippen molar-refractivity contribution >= 4 is 29.1 Å². The minimum Gasteiger partial charge on any atom is -0.379 e. The SMILES string of the molecule is CC1(C)C2CN(C(=O)C3CCCN3C3CCNCC3)CCN2C(=O)c2cc(-c3ccc(Cl)cc3F)ccc2N1CCN1CCOCC1. The molecule has 2 aromatic carbocycles. The van der Waals surface area contributed by atoms with Gasteiger partial charge in [0.2, 0.25) is 5.91 Å². The summed E-state index contributed by atoms with van der Waals surface area (Å²) in [4.78, 5) is 40.1. The van der Waals surface area contributed by atoms with E-state index in [9.17, 15) is 9.59 Å². The Labute approximate surface area is 282 Å². The van der Waals surface area contributed by atoms with Crippen LogP contribution in [0, 0.1) is 5.82 Å². The number of halogens is 2. The van der Waals surface area contributed by atoms with E-state index in [0.717, 1.165) is 83.9 Å². The number of piperidine rings is 1. The van der Waals surface area contributed by atoms with Crippen molar-refractivity contribution in [2.75, 3.05) is 83.6 Å². The number of carbonyl (C=O) groups excluding carboxylic acids is 2. The monoisotopic (exact) mass is 666 g/mol. The highest BCUT2D eigenvalue weighted by atomic mass is 35.5. The van der Waals surface area contributed by atoms with Crippen LogP contribution in [0.4, 0.5) is 10.1 Å². The molecule has 11 heteroatoms. The number of hydrogen-bond donors (Lipinski definition) is 1. The summed E-state index contributed by atoms with van der Waals surface area (Å²) in [5.74, 6) is -0.267. The van der Waals surface area contributed by atoms with Crippen molar-refractivity contribution in [2.24, 2.45) is 0 Å². The van der Waals surface area contributed by atoms with Gasteiger partial charge in [0.1, 0.15) is 5.82 Å². The Hall–Kier alpha value is -2.76. The predicted molar refractivity (Wildman–Crippen MR) is 183 cm³/mol. The molecule has 0 spiro atoms. The van der Waals surface area contributed by atoms with Gasteiger partial charge in [0.05, 0.1) is 42.1 Å². The van der Waals surface area contributed by atoms with Gasteiger partial charge >= 0.3 is 0 Å². The number of piperazine rings is 1. The third-order valence-electron chi connectivity index (χ3n) is 11.3. The molecule has 4 saturated heterocycles. The van der Waals surface area contributed by atoms with Gasteiger partial charge in [-0.25, -0.2) is 4.39 Å². The largest absolute Gasteiger partial charge is 0.379 e. The molecule has 2 aromatic rings. The highest BCUT2D eigenvalue weighted by Crippen LogP contribution is 2.41. The van der Waals surface area contributed by atoms with Gasteiger partial charge in [0.25, 0.3) is 5.91 Å². The minimum atomic E-state index is -0.483. The molecule has 0 aromatic heterocycles. The van der Waals surface area contributed by atoms with E-state index < -0.39 is 11.4 Å². The molecule has 5 aliphatic heterocycles. The summed E-state index contributed by atoms with van der Waals surface area (Å²) in [6.45, 7) is 13.6. The summed E-state index contributed by atoms with van der Waals surface area (Å²) in [7, 11) is 0. The van der Waals surface area contributed by atoms with E-state index in [4.69, 9.17) is 16.3 Å². The van der Waals surface area contributed by atoms with Crippen LogP contribution in [0.3, 0.4) is 0 Å². The second-order valence-electron chi connectivity index (χ2n) is 14.3. The standard InChI is InChI=1S/C36H48ClFN6O3/c1-36(2)33-24-41(35(46)32-4-3-13-42(32)27-9-11-39-12-10-27)15-16-43(33)34(45)29-22-25(28-7-6-26(37)23-30(28)38)5-8-31(29)44(36)17-14-40-18-20-47-21-19-40/h5-8,22-23,27,32-33,39H,3-4,9-21,24H2,1-2H3. The number of rotatable bonds is 6. The molecule has 2 atom stereocenters. The molecule has 47 heavy (non-hydrogen) atoms. The molecular weight excluding hydrogens is 619 g/mol. The number of likely N-dealkylation sites (tertiary alicyclic amines) is 1. The van der Waals surface area contributed by atoms with Crippen molar-refractivity contribution in [3.05, 3.63) is 52.8 Å². The number of carbonyl (C=O) groups is 2. The molecule has 5 heterocycles. The van der Waals surface area contributed by atoms with E-state index in [1.165, 1.54) is 6.07 Å². The molecule has 2 amide bonds. The smallest absolute Gasteiger partial charge is 0.256 e. The van der Waals surface area contributed by atoms with Crippen molar-refractivity contribution in [3.8, 4) is 11.1 Å². The minimum absolute atomic E-state index is 0.0625. The van der Waals surface area contributed by atoms with Crippen LogP contribution in [0.2, 0.25) is 5.02 Å². The van der Waals surface area contributed by atoms with Crippen LogP contribution in [0.15, 0.2) is 36.4 Å². The first-order chi connectivity index (χ1) is 22.7. The zero-order valence-electron chi connectivity index (χ0n) is 27.7. The van der Waals surface area contributed by atoms with E-state index in [0.29, 0.717) is 53.9 Å². The van der Waals surface area contributed by atoms with Crippen molar-refractivity contribution in [2.45, 2.75) is 63.2 Å². The number of amides is 2. The van der Waals surface area contributed by atoms with Gasteiger partial charge in [-0.2, -0.15) is 0 Å². The fourth-order valence-electron chi connectivity index (χ4n) is 8.62. The lowest BCUT2D eigenvalue weighted by Gasteiger charge is -2.51. The lowest BCUT2D eigenvalue weighted by atomic mass is 9.88. The second kappa shape index (κ2) is 13.6. The molecule has 9 nitrogen and oxygen atoms in total. The molecule has 2 unspecified atom stereocenters. The van der Waals surface area contributed by atoms with Gasteiger partial charge < -0.3 is 24.8 Å². The Kier molecular flexibility index (Phi) is 9.50. The summed E-state index contributed by atoms with van der Waals surface area (Å²) < 4.78 is 20.7. The zero-order chi connectivity index (χ0) is 32.7. The lowest BCUT2D eigenvalue weighted by molar-refractivity contribution is -0.140. The first kappa shape index (κ1) is 32.8. The van der Waals surface area contributed by atoms with Crippen LogP contribution in [0.25, 0.3) is 11.1 Å². The Morgan fingerprint density at radius 1 is 0.979 bits per heavy atom. The van der Waals surface area contributed by atoms with E-state index in [1.807, 2.05) is 28.0 Å². The third kappa shape index (κ3) is 6.39. The fourth-order valence-corrected chi connectivity index (χ4v) is 8.78. The molecule has 7 rings (SSSR count). The van der Waals surface area contributed by atoms with Crippen molar-refractivity contribution < 1.29 is 18.7 Å². The quantitative estimate of drug-likeness (QED) is 0.501. The third-order valence-corrected chi connectivity index (χ3v) is 11.6. The number of ether oxygens (including phenoxy) is 1. The summed E-state index contributed by atoms with van der Waals surface area (Å²) >= 11 is 6.06. The van der Waals surface area contributed by atoms with Crippen LogP contribution >= 0.6 is 11.6 Å². The van der Waals surface area contributed by atoms with Crippen molar-refractivity contribution in [1.29, 1.82) is 0 Å². The maximum atomic E-state index is 15.1. The van der Waals surface area contributed by atoms with Gasteiger partial charge in [-0.1, -0.05) is 17.7 Å². The normalized spacial score (nSPS) is 25.9. The number of anilines is 1. The van der Waals surface area contributed by atoms with Gasteiger partial charge in [0.15, 0.2) is 0 Å². The first-order valence-corrected chi connectivity index (χ1v) is 17.8. The first-order valence-electron chi connectivity index (χ1n) is 17.5. The highest BCUT2D eigenvalue weighted by Gasteiger charge is 2.50. The topological polar surface area (TPSA) is 71.6 Å². The van der Waals surface area contributed by atoms with Crippen LogP contribution in [-0.4, -0.2) is 134 Å². The van der Waals surface area contributed by atoms with Crippen LogP contribution < -0.4 is 10.2 Å².